The van der Waals surface area contributed by atoms with E-state index < -0.39 is 0 Å². The van der Waals surface area contributed by atoms with Crippen molar-refractivity contribution >= 4 is 0 Å². The molecule has 3 aromatic rings. The Kier molecular flexibility index (Phi) is 4.32. The fourth-order valence-corrected chi connectivity index (χ4v) is 3.33. The van der Waals surface area contributed by atoms with Gasteiger partial charge in [-0.3, -0.25) is 0 Å². The van der Waals surface area contributed by atoms with Crippen molar-refractivity contribution in [1.29, 1.82) is 0 Å². The quantitative estimate of drug-likeness (QED) is 0.773. The Labute approximate surface area is 147 Å². The SMILES string of the molecule is Cc1cccc(C(Cc2ccnc(C3CCO3)n2)c2cnc[nH]2)c1C. The maximum Gasteiger partial charge on any atom is 0.157 e. The third-order valence-electron chi connectivity index (χ3n) is 5.05. The lowest BCUT2D eigenvalue weighted by molar-refractivity contribution is -0.0581. The van der Waals surface area contributed by atoms with Crippen LogP contribution in [-0.2, 0) is 11.2 Å². The van der Waals surface area contributed by atoms with Gasteiger partial charge in [0.25, 0.3) is 0 Å². The van der Waals surface area contributed by atoms with Crippen LogP contribution >= 0.6 is 0 Å². The number of H-pyrrole nitrogens is 1. The van der Waals surface area contributed by atoms with Crippen LogP contribution in [0.1, 0.15) is 52.3 Å². The van der Waals surface area contributed by atoms with E-state index in [1.807, 2.05) is 18.5 Å². The molecule has 1 N–H and O–H groups in total. The van der Waals surface area contributed by atoms with Gasteiger partial charge in [0.2, 0.25) is 0 Å². The summed E-state index contributed by atoms with van der Waals surface area (Å²) >= 11 is 0. The highest BCUT2D eigenvalue weighted by Gasteiger charge is 2.24. The van der Waals surface area contributed by atoms with Crippen molar-refractivity contribution in [3.05, 3.63) is 76.9 Å². The first kappa shape index (κ1) is 16.0. The fourth-order valence-electron chi connectivity index (χ4n) is 3.33. The molecule has 128 valence electrons. The molecule has 0 spiro atoms. The van der Waals surface area contributed by atoms with Gasteiger partial charge in [0.1, 0.15) is 6.10 Å². The predicted molar refractivity (Wildman–Crippen MR) is 95.4 cm³/mol. The molecule has 0 aliphatic carbocycles. The Balaban J connectivity index is 1.69. The molecule has 0 amide bonds. The first-order chi connectivity index (χ1) is 12.2. The second-order valence-electron chi connectivity index (χ2n) is 6.61. The monoisotopic (exact) mass is 334 g/mol. The van der Waals surface area contributed by atoms with Gasteiger partial charge < -0.3 is 9.72 Å². The number of rotatable bonds is 5. The van der Waals surface area contributed by atoms with Crippen LogP contribution in [0.3, 0.4) is 0 Å². The van der Waals surface area contributed by atoms with Crippen molar-refractivity contribution in [2.24, 2.45) is 0 Å². The highest BCUT2D eigenvalue weighted by molar-refractivity contribution is 5.40. The first-order valence-electron chi connectivity index (χ1n) is 8.70. The number of ether oxygens (including phenoxy) is 1. The van der Waals surface area contributed by atoms with Gasteiger partial charge in [0.15, 0.2) is 5.82 Å². The van der Waals surface area contributed by atoms with Gasteiger partial charge in [0, 0.05) is 42.5 Å². The minimum atomic E-state index is 0.0614. The van der Waals surface area contributed by atoms with Gasteiger partial charge in [-0.1, -0.05) is 18.2 Å². The summed E-state index contributed by atoms with van der Waals surface area (Å²) in [5.74, 6) is 0.987. The molecule has 1 aromatic carbocycles. The molecule has 2 atom stereocenters. The summed E-state index contributed by atoms with van der Waals surface area (Å²) in [4.78, 5) is 16.6. The van der Waals surface area contributed by atoms with Crippen molar-refractivity contribution in [1.82, 2.24) is 19.9 Å². The Bertz CT molecular complexity index is 856. The molecular weight excluding hydrogens is 312 g/mol. The fraction of sp³-hybridized carbons (Fsp3) is 0.350. The van der Waals surface area contributed by atoms with Crippen LogP contribution in [-0.4, -0.2) is 26.5 Å². The molecule has 2 unspecified atom stereocenters. The third kappa shape index (κ3) is 3.20. The first-order valence-corrected chi connectivity index (χ1v) is 8.70. The molecule has 2 aromatic heterocycles. The summed E-state index contributed by atoms with van der Waals surface area (Å²) in [5.41, 5.74) is 6.06. The van der Waals surface area contributed by atoms with Gasteiger partial charge >= 0.3 is 0 Å². The maximum atomic E-state index is 5.53. The Morgan fingerprint density at radius 1 is 1.28 bits per heavy atom. The van der Waals surface area contributed by atoms with E-state index in [4.69, 9.17) is 9.72 Å². The van der Waals surface area contributed by atoms with E-state index in [0.717, 1.165) is 36.7 Å². The molecule has 5 heteroatoms. The van der Waals surface area contributed by atoms with Crippen molar-refractivity contribution in [2.75, 3.05) is 6.61 Å². The molecule has 0 saturated carbocycles. The molecule has 1 aliphatic rings. The lowest BCUT2D eigenvalue weighted by atomic mass is 9.87. The molecule has 0 bridgehead atoms. The van der Waals surface area contributed by atoms with Crippen LogP contribution in [0.4, 0.5) is 0 Å². The van der Waals surface area contributed by atoms with E-state index in [1.165, 1.54) is 16.7 Å². The van der Waals surface area contributed by atoms with Crippen LogP contribution in [0.5, 0.6) is 0 Å². The highest BCUT2D eigenvalue weighted by Crippen LogP contribution is 2.31. The van der Waals surface area contributed by atoms with Gasteiger partial charge in [-0.05, 0) is 36.6 Å². The van der Waals surface area contributed by atoms with E-state index in [9.17, 15) is 0 Å². The van der Waals surface area contributed by atoms with Crippen LogP contribution in [0.25, 0.3) is 0 Å². The highest BCUT2D eigenvalue weighted by atomic mass is 16.5. The van der Waals surface area contributed by atoms with Crippen LogP contribution in [0, 0.1) is 13.8 Å². The summed E-state index contributed by atoms with van der Waals surface area (Å²) in [7, 11) is 0. The smallest absolute Gasteiger partial charge is 0.157 e. The number of imidazole rings is 1. The molecule has 4 rings (SSSR count). The van der Waals surface area contributed by atoms with Gasteiger partial charge in [-0.15, -0.1) is 0 Å². The molecule has 1 fully saturated rings. The zero-order chi connectivity index (χ0) is 17.2. The number of nitrogens with one attached hydrogen (secondary N) is 1. The van der Waals surface area contributed by atoms with Crippen molar-refractivity contribution in [3.8, 4) is 0 Å². The molecule has 1 saturated heterocycles. The maximum absolute atomic E-state index is 5.53. The molecule has 1 aliphatic heterocycles. The van der Waals surface area contributed by atoms with Crippen LogP contribution in [0.15, 0.2) is 43.0 Å². The Morgan fingerprint density at radius 2 is 2.16 bits per heavy atom. The van der Waals surface area contributed by atoms with Crippen molar-refractivity contribution < 1.29 is 4.74 Å². The number of nitrogens with zero attached hydrogens (tertiary/aromatic N) is 3. The van der Waals surface area contributed by atoms with Crippen molar-refractivity contribution in [2.45, 2.75) is 38.7 Å². The lowest BCUT2D eigenvalue weighted by Crippen LogP contribution is -2.21. The van der Waals surface area contributed by atoms with E-state index in [0.29, 0.717) is 0 Å². The lowest BCUT2D eigenvalue weighted by Gasteiger charge is -2.25. The number of aryl methyl sites for hydroxylation is 1. The van der Waals surface area contributed by atoms with Gasteiger partial charge in [-0.2, -0.15) is 0 Å². The molecule has 25 heavy (non-hydrogen) atoms. The van der Waals surface area contributed by atoms with Gasteiger partial charge in [0.05, 0.1) is 12.9 Å². The molecule has 3 heterocycles. The van der Waals surface area contributed by atoms with Gasteiger partial charge in [-0.25, -0.2) is 15.0 Å². The number of aromatic amines is 1. The molecular formula is C20H22N4O. The van der Waals surface area contributed by atoms with E-state index in [2.05, 4.69) is 47.0 Å². The predicted octanol–water partition coefficient (Wildman–Crippen LogP) is 3.65. The Hall–Kier alpha value is -2.53. The number of hydrogen-bond donors (Lipinski definition) is 1. The number of aromatic nitrogens is 4. The van der Waals surface area contributed by atoms with Crippen LogP contribution in [0.2, 0.25) is 0 Å². The zero-order valence-electron chi connectivity index (χ0n) is 14.6. The van der Waals surface area contributed by atoms with Crippen LogP contribution < -0.4 is 0 Å². The average molecular weight is 334 g/mol. The summed E-state index contributed by atoms with van der Waals surface area (Å²) in [6.45, 7) is 5.14. The van der Waals surface area contributed by atoms with E-state index >= 15 is 0 Å². The summed E-state index contributed by atoms with van der Waals surface area (Å²) in [6.07, 6.45) is 7.35. The van der Waals surface area contributed by atoms with E-state index in [1.54, 1.807) is 6.33 Å². The largest absolute Gasteiger partial charge is 0.370 e. The molecule has 0 radical (unpaired) electrons. The third-order valence-corrected chi connectivity index (χ3v) is 5.05. The summed E-state index contributed by atoms with van der Waals surface area (Å²) in [5, 5.41) is 0. The minimum absolute atomic E-state index is 0.0614. The summed E-state index contributed by atoms with van der Waals surface area (Å²) in [6, 6.07) is 8.47. The minimum Gasteiger partial charge on any atom is -0.370 e. The van der Waals surface area contributed by atoms with Crippen molar-refractivity contribution in [3.63, 3.8) is 0 Å². The second-order valence-corrected chi connectivity index (χ2v) is 6.61. The summed E-state index contributed by atoms with van der Waals surface area (Å²) < 4.78 is 5.53. The Morgan fingerprint density at radius 3 is 2.88 bits per heavy atom. The average Bonchev–Trinajstić information content (AvgIpc) is 3.09. The number of hydrogen-bond acceptors (Lipinski definition) is 4. The number of benzene rings is 1. The normalized spacial score (nSPS) is 17.9. The van der Waals surface area contributed by atoms with E-state index in [-0.39, 0.29) is 12.0 Å². The standard InChI is InChI=1S/C20H22N4O/c1-13-4-3-5-16(14(13)2)17(18-11-21-12-23-18)10-15-6-8-22-20(24-15)19-7-9-25-19/h3-6,8,11-12,17,19H,7,9-10H2,1-2H3,(H,21,23). The second kappa shape index (κ2) is 6.76. The zero-order valence-corrected chi connectivity index (χ0v) is 14.6. The topological polar surface area (TPSA) is 63.7 Å². The molecule has 5 nitrogen and oxygen atoms in total.